The maximum absolute atomic E-state index is 4.76. The molecule has 0 bridgehead atoms. The molecule has 2 heteroatoms. The van der Waals surface area contributed by atoms with Crippen LogP contribution in [0.4, 0.5) is 5.69 Å². The van der Waals surface area contributed by atoms with E-state index in [0.717, 1.165) is 5.69 Å². The molecule has 0 saturated heterocycles. The summed E-state index contributed by atoms with van der Waals surface area (Å²) >= 11 is 0. The maximum atomic E-state index is 4.76. The molecule has 0 fully saturated rings. The van der Waals surface area contributed by atoms with Crippen LogP contribution in [0.5, 0.6) is 0 Å². The molecule has 2 rings (SSSR count). The lowest BCUT2D eigenvalue weighted by Gasteiger charge is -2.17. The van der Waals surface area contributed by atoms with Crippen LogP contribution < -0.4 is 0 Å². The van der Waals surface area contributed by atoms with Crippen molar-refractivity contribution in [3.05, 3.63) is 69.4 Å². The van der Waals surface area contributed by atoms with E-state index in [1.807, 2.05) is 6.20 Å². The summed E-state index contributed by atoms with van der Waals surface area (Å²) in [6.45, 7) is 13.8. The van der Waals surface area contributed by atoms with Crippen LogP contribution in [-0.2, 0) is 32.1 Å². The molecule has 0 spiro atoms. The monoisotopic (exact) mass is 671 g/mol. The van der Waals surface area contributed by atoms with Crippen LogP contribution in [0, 0.1) is 6.92 Å². The number of rotatable bonds is 30. The first kappa shape index (κ1) is 42.9. The number of aryl methyl sites for hydroxylation is 4. The average Bonchev–Trinajstić information content (AvgIpc) is 3.10. The molecule has 49 heavy (non-hydrogen) atoms. The zero-order valence-corrected chi connectivity index (χ0v) is 33.5. The lowest BCUT2D eigenvalue weighted by atomic mass is 9.88. The highest BCUT2D eigenvalue weighted by Gasteiger charge is 2.12. The van der Waals surface area contributed by atoms with Crippen LogP contribution in [0.2, 0.25) is 0 Å². The molecule has 0 aliphatic heterocycles. The number of hydrogen-bond acceptors (Lipinski definition) is 2. The maximum Gasteiger partial charge on any atom is 0.0862 e. The lowest BCUT2D eigenvalue weighted by Crippen LogP contribution is -2.03. The van der Waals surface area contributed by atoms with Crippen molar-refractivity contribution >= 4 is 11.8 Å². The van der Waals surface area contributed by atoms with E-state index in [0.29, 0.717) is 0 Å². The van der Waals surface area contributed by atoms with Gasteiger partial charge in [0.15, 0.2) is 0 Å². The van der Waals surface area contributed by atoms with Crippen LogP contribution in [0.3, 0.4) is 0 Å². The zero-order chi connectivity index (χ0) is 35.4. The van der Waals surface area contributed by atoms with Gasteiger partial charge >= 0.3 is 0 Å². The van der Waals surface area contributed by atoms with Gasteiger partial charge in [-0.15, -0.1) is 0 Å². The van der Waals surface area contributed by atoms with Gasteiger partial charge in [-0.25, -0.2) is 0 Å². The highest BCUT2D eigenvalue weighted by Crippen LogP contribution is 2.28. The molecule has 0 aliphatic carbocycles. The SMILES string of the molecule is CCCCCCCCc1cc(N=NC=Cc2cc(CCCC)c(CCCC)c(CCCCCCCC)c2)cc(C)c1CCCCCCCC. The Morgan fingerprint density at radius 3 is 1.37 bits per heavy atom. The van der Waals surface area contributed by atoms with E-state index in [4.69, 9.17) is 5.11 Å². The molecule has 0 aliphatic rings. The smallest absolute Gasteiger partial charge is 0.0862 e. The summed E-state index contributed by atoms with van der Waals surface area (Å²) in [4.78, 5) is 0. The van der Waals surface area contributed by atoms with E-state index in [9.17, 15) is 0 Å². The van der Waals surface area contributed by atoms with Crippen LogP contribution >= 0.6 is 0 Å². The van der Waals surface area contributed by atoms with Crippen molar-refractivity contribution in [3.8, 4) is 0 Å². The second-order valence-corrected chi connectivity index (χ2v) is 15.0. The number of azo groups is 1. The molecule has 0 unspecified atom stereocenters. The molecule has 2 nitrogen and oxygen atoms in total. The quantitative estimate of drug-likeness (QED) is 0.0584. The molecular weight excluding hydrogens is 593 g/mol. The molecule has 276 valence electrons. The predicted octanol–water partition coefficient (Wildman–Crippen LogP) is 16.1. The first-order valence-corrected chi connectivity index (χ1v) is 21.4. The topological polar surface area (TPSA) is 24.7 Å². The average molecular weight is 671 g/mol. The second-order valence-electron chi connectivity index (χ2n) is 15.0. The fourth-order valence-corrected chi connectivity index (χ4v) is 7.41. The Morgan fingerprint density at radius 2 is 0.837 bits per heavy atom. The number of unbranched alkanes of at least 4 members (excludes halogenated alkanes) is 17. The Labute approximate surface area is 305 Å². The van der Waals surface area contributed by atoms with Crippen molar-refractivity contribution in [3.63, 3.8) is 0 Å². The van der Waals surface area contributed by atoms with Gasteiger partial charge in [0.25, 0.3) is 0 Å². The highest BCUT2D eigenvalue weighted by atomic mass is 15.1. The Morgan fingerprint density at radius 1 is 0.429 bits per heavy atom. The Bertz CT molecular complexity index is 1170. The molecule has 0 aromatic heterocycles. The highest BCUT2D eigenvalue weighted by molar-refractivity contribution is 5.55. The molecule has 0 heterocycles. The molecule has 0 saturated carbocycles. The minimum atomic E-state index is 1.01. The van der Waals surface area contributed by atoms with Crippen LogP contribution in [0.25, 0.3) is 6.08 Å². The summed E-state index contributed by atoms with van der Waals surface area (Å²) in [5.41, 5.74) is 11.6. The minimum absolute atomic E-state index is 1.01. The van der Waals surface area contributed by atoms with Crippen molar-refractivity contribution in [2.45, 2.75) is 215 Å². The predicted molar refractivity (Wildman–Crippen MR) is 220 cm³/mol. The van der Waals surface area contributed by atoms with Crippen molar-refractivity contribution < 1.29 is 0 Å². The van der Waals surface area contributed by atoms with Gasteiger partial charge in [-0.05, 0) is 128 Å². The van der Waals surface area contributed by atoms with Gasteiger partial charge < -0.3 is 0 Å². The molecule has 0 amide bonds. The summed E-state index contributed by atoms with van der Waals surface area (Å²) in [6.07, 6.45) is 39.4. The lowest BCUT2D eigenvalue weighted by molar-refractivity contribution is 0.598. The molecule has 0 radical (unpaired) electrons. The van der Waals surface area contributed by atoms with Crippen LogP contribution in [-0.4, -0.2) is 0 Å². The third kappa shape index (κ3) is 18.5. The summed E-state index contributed by atoms with van der Waals surface area (Å²) < 4.78 is 0. The third-order valence-electron chi connectivity index (χ3n) is 10.5. The van der Waals surface area contributed by atoms with Crippen molar-refractivity contribution in [1.29, 1.82) is 0 Å². The largest absolute Gasteiger partial charge is 0.159 e. The fraction of sp³-hybridized carbons (Fsp3) is 0.702. The Balaban J connectivity index is 2.23. The molecule has 0 atom stereocenters. The van der Waals surface area contributed by atoms with Crippen LogP contribution in [0.15, 0.2) is 40.7 Å². The van der Waals surface area contributed by atoms with E-state index in [1.54, 1.807) is 22.3 Å². The van der Waals surface area contributed by atoms with E-state index in [-0.39, 0.29) is 0 Å². The third-order valence-corrected chi connectivity index (χ3v) is 10.5. The Kier molecular flexibility index (Phi) is 25.0. The summed E-state index contributed by atoms with van der Waals surface area (Å²) in [6, 6.07) is 9.56. The summed E-state index contributed by atoms with van der Waals surface area (Å²) in [5.74, 6) is 0. The first-order chi connectivity index (χ1) is 24.1. The fourth-order valence-electron chi connectivity index (χ4n) is 7.41. The van der Waals surface area contributed by atoms with E-state index >= 15 is 0 Å². The minimum Gasteiger partial charge on any atom is -0.159 e. The van der Waals surface area contributed by atoms with Gasteiger partial charge in [-0.2, -0.15) is 10.2 Å². The van der Waals surface area contributed by atoms with Crippen molar-refractivity contribution in [1.82, 2.24) is 0 Å². The zero-order valence-electron chi connectivity index (χ0n) is 33.5. The van der Waals surface area contributed by atoms with Gasteiger partial charge in [-0.3, -0.25) is 0 Å². The van der Waals surface area contributed by atoms with Gasteiger partial charge in [-0.1, -0.05) is 156 Å². The van der Waals surface area contributed by atoms with Gasteiger partial charge in [0.1, 0.15) is 0 Å². The van der Waals surface area contributed by atoms with E-state index in [2.05, 4.69) is 77.0 Å². The number of benzene rings is 2. The molecule has 2 aromatic carbocycles. The van der Waals surface area contributed by atoms with Crippen molar-refractivity contribution in [2.75, 3.05) is 0 Å². The van der Waals surface area contributed by atoms with Crippen molar-refractivity contribution in [2.24, 2.45) is 10.2 Å². The molecule has 2 aromatic rings. The number of hydrogen-bond donors (Lipinski definition) is 0. The van der Waals surface area contributed by atoms with Gasteiger partial charge in [0.05, 0.1) is 11.9 Å². The summed E-state index contributed by atoms with van der Waals surface area (Å²) in [5, 5.41) is 9.38. The molecule has 0 N–H and O–H groups in total. The van der Waals surface area contributed by atoms with Gasteiger partial charge in [0.2, 0.25) is 0 Å². The second kappa shape index (κ2) is 28.5. The summed E-state index contributed by atoms with van der Waals surface area (Å²) in [7, 11) is 0. The van der Waals surface area contributed by atoms with Gasteiger partial charge in [0, 0.05) is 0 Å². The Hall–Kier alpha value is -2.22. The van der Waals surface area contributed by atoms with Crippen LogP contribution in [0.1, 0.15) is 215 Å². The standard InChI is InChI=1S/C47H78N2/c1-7-12-17-20-23-26-30-43-38-41(37-42(29-15-10-4)47(43)32-16-11-5)34-35-48-49-45-36-40(6)46(33-28-25-22-19-14-9-3)44(39-45)31-27-24-21-18-13-8-2/h34-39H,7-33H2,1-6H3. The molecular formula is C47H78N2. The first-order valence-electron chi connectivity index (χ1n) is 21.4. The van der Waals surface area contributed by atoms with E-state index < -0.39 is 0 Å². The normalized spacial score (nSPS) is 11.9. The van der Waals surface area contributed by atoms with E-state index in [1.165, 1.54) is 190 Å². The number of nitrogens with zero attached hydrogens (tertiary/aromatic N) is 2.